The van der Waals surface area contributed by atoms with Gasteiger partial charge in [-0.2, -0.15) is 0 Å². The van der Waals surface area contributed by atoms with Gasteiger partial charge in [0.05, 0.1) is 29.2 Å². The van der Waals surface area contributed by atoms with Gasteiger partial charge in [-0.05, 0) is 36.6 Å². The number of nitrogens with zero attached hydrogens (tertiary/aromatic N) is 1. The van der Waals surface area contributed by atoms with Crippen molar-refractivity contribution in [2.24, 2.45) is 0 Å². The van der Waals surface area contributed by atoms with E-state index in [1.807, 2.05) is 12.1 Å². The van der Waals surface area contributed by atoms with Crippen LogP contribution in [0.2, 0.25) is 0 Å². The first kappa shape index (κ1) is 20.6. The van der Waals surface area contributed by atoms with Gasteiger partial charge in [-0.15, -0.1) is 0 Å². The van der Waals surface area contributed by atoms with Gasteiger partial charge in [-0.1, -0.05) is 24.3 Å². The summed E-state index contributed by atoms with van der Waals surface area (Å²) in [6, 6.07) is 12.5. The third-order valence-electron chi connectivity index (χ3n) is 4.97. The van der Waals surface area contributed by atoms with Crippen LogP contribution in [-0.2, 0) is 15.4 Å². The molecule has 0 saturated carbocycles. The number of fused-ring (bicyclic) bond motifs is 2. The Balaban J connectivity index is 1.17. The van der Waals surface area contributed by atoms with Crippen LogP contribution in [0.4, 0.5) is 0 Å². The van der Waals surface area contributed by atoms with E-state index in [4.69, 9.17) is 8.92 Å². The molecule has 4 rings (SSSR count). The molecule has 2 heterocycles. The van der Waals surface area contributed by atoms with E-state index >= 15 is 0 Å². The molecule has 2 aliphatic rings. The van der Waals surface area contributed by atoms with Crippen LogP contribution in [0.15, 0.2) is 47.4 Å². The van der Waals surface area contributed by atoms with Crippen LogP contribution >= 0.6 is 12.0 Å². The SMILES string of the molecule is O=C(CCNCCOSc1cccc2c1OCCC2)N1C(=O)c2ccccc2C1=O. The predicted octanol–water partition coefficient (Wildman–Crippen LogP) is 2.84. The Bertz CT molecular complexity index is 943. The van der Waals surface area contributed by atoms with E-state index in [2.05, 4.69) is 11.4 Å². The molecule has 0 spiro atoms. The van der Waals surface area contributed by atoms with Crippen molar-refractivity contribution >= 4 is 29.8 Å². The van der Waals surface area contributed by atoms with E-state index in [1.54, 1.807) is 24.3 Å². The molecule has 2 aromatic carbocycles. The molecule has 0 atom stereocenters. The molecular formula is C22H22N2O5S. The number of amides is 3. The van der Waals surface area contributed by atoms with Crippen molar-refractivity contribution in [3.63, 3.8) is 0 Å². The smallest absolute Gasteiger partial charge is 0.268 e. The molecule has 0 radical (unpaired) electrons. The summed E-state index contributed by atoms with van der Waals surface area (Å²) in [5.74, 6) is -0.687. The van der Waals surface area contributed by atoms with Crippen LogP contribution in [-0.4, -0.2) is 48.9 Å². The highest BCUT2D eigenvalue weighted by atomic mass is 32.2. The molecule has 0 fully saturated rings. The molecule has 0 saturated heterocycles. The fraction of sp³-hybridized carbons (Fsp3) is 0.318. The van der Waals surface area contributed by atoms with Crippen LogP contribution in [0, 0.1) is 0 Å². The number of carbonyl (C=O) groups is 3. The summed E-state index contributed by atoms with van der Waals surface area (Å²) in [6.07, 6.45) is 2.11. The van der Waals surface area contributed by atoms with Gasteiger partial charge in [0.15, 0.2) is 0 Å². The first-order valence-electron chi connectivity index (χ1n) is 9.92. The molecule has 2 aromatic rings. The Morgan fingerprint density at radius 2 is 1.83 bits per heavy atom. The van der Waals surface area contributed by atoms with Crippen molar-refractivity contribution in [3.05, 3.63) is 59.2 Å². The highest BCUT2D eigenvalue weighted by Gasteiger charge is 2.38. The highest BCUT2D eigenvalue weighted by Crippen LogP contribution is 2.35. The summed E-state index contributed by atoms with van der Waals surface area (Å²) in [6.45, 7) is 2.06. The molecule has 7 nitrogen and oxygen atoms in total. The van der Waals surface area contributed by atoms with Crippen LogP contribution in [0.5, 0.6) is 5.75 Å². The lowest BCUT2D eigenvalue weighted by Gasteiger charge is -2.19. The first-order valence-corrected chi connectivity index (χ1v) is 10.7. The average Bonchev–Trinajstić information content (AvgIpc) is 3.03. The molecule has 3 amide bonds. The predicted molar refractivity (Wildman–Crippen MR) is 112 cm³/mol. The molecule has 156 valence electrons. The number of hydrogen-bond donors (Lipinski definition) is 1. The van der Waals surface area contributed by atoms with E-state index in [0.717, 1.165) is 35.0 Å². The molecule has 8 heteroatoms. The Morgan fingerprint density at radius 3 is 2.60 bits per heavy atom. The van der Waals surface area contributed by atoms with E-state index in [1.165, 1.54) is 17.6 Å². The van der Waals surface area contributed by atoms with Gasteiger partial charge in [0, 0.05) is 31.6 Å². The molecule has 0 aromatic heterocycles. The minimum atomic E-state index is -0.547. The quantitative estimate of drug-likeness (QED) is 0.395. The van der Waals surface area contributed by atoms with Gasteiger partial charge in [0.25, 0.3) is 11.8 Å². The van der Waals surface area contributed by atoms with Gasteiger partial charge in [0.1, 0.15) is 5.75 Å². The number of nitrogens with one attached hydrogen (secondary N) is 1. The van der Waals surface area contributed by atoms with Crippen molar-refractivity contribution in [1.82, 2.24) is 10.2 Å². The molecule has 0 bridgehead atoms. The van der Waals surface area contributed by atoms with Gasteiger partial charge in [-0.25, -0.2) is 4.90 Å². The maximum Gasteiger partial charge on any atom is 0.268 e. The van der Waals surface area contributed by atoms with Crippen LogP contribution in [0.25, 0.3) is 0 Å². The number of benzene rings is 2. The lowest BCUT2D eigenvalue weighted by Crippen LogP contribution is -2.37. The Kier molecular flexibility index (Phi) is 6.47. The monoisotopic (exact) mass is 426 g/mol. The second kappa shape index (κ2) is 9.42. The minimum Gasteiger partial charge on any atom is -0.492 e. The summed E-state index contributed by atoms with van der Waals surface area (Å²) in [5.41, 5.74) is 1.77. The van der Waals surface area contributed by atoms with Crippen molar-refractivity contribution in [2.75, 3.05) is 26.3 Å². The normalized spacial score (nSPS) is 15.0. The Hall–Kier alpha value is -2.68. The zero-order valence-electron chi connectivity index (χ0n) is 16.4. The van der Waals surface area contributed by atoms with Crippen LogP contribution in [0.1, 0.15) is 39.1 Å². The number of carbonyl (C=O) groups excluding carboxylic acids is 3. The standard InChI is InChI=1S/C22H22N2O5S/c25-19(24-21(26)16-7-1-2-8-17(16)22(24)27)10-11-23-12-14-29-30-18-9-3-5-15-6-4-13-28-20(15)18/h1-3,5,7-9,23H,4,6,10-14H2. The van der Waals surface area contributed by atoms with Crippen molar-refractivity contribution < 1.29 is 23.3 Å². The fourth-order valence-electron chi connectivity index (χ4n) is 3.49. The van der Waals surface area contributed by atoms with Crippen molar-refractivity contribution in [2.45, 2.75) is 24.2 Å². The number of ether oxygens (including phenoxy) is 1. The first-order chi connectivity index (χ1) is 14.7. The van der Waals surface area contributed by atoms with Crippen molar-refractivity contribution in [1.29, 1.82) is 0 Å². The minimum absolute atomic E-state index is 0.0542. The summed E-state index contributed by atoms with van der Waals surface area (Å²) in [7, 11) is 0. The molecule has 1 N–H and O–H groups in total. The second-order valence-corrected chi connectivity index (χ2v) is 7.83. The molecule has 0 aliphatic carbocycles. The number of hydrogen-bond acceptors (Lipinski definition) is 7. The van der Waals surface area contributed by atoms with Gasteiger partial charge >= 0.3 is 0 Å². The Labute approximate surface area is 178 Å². The van der Waals surface area contributed by atoms with Crippen LogP contribution < -0.4 is 10.1 Å². The second-order valence-electron chi connectivity index (χ2n) is 6.99. The topological polar surface area (TPSA) is 84.9 Å². The maximum atomic E-state index is 12.3. The number of para-hydroxylation sites is 1. The highest BCUT2D eigenvalue weighted by molar-refractivity contribution is 7.94. The lowest BCUT2D eigenvalue weighted by atomic mass is 10.1. The summed E-state index contributed by atoms with van der Waals surface area (Å²) >= 11 is 1.28. The molecule has 0 unspecified atom stereocenters. The van der Waals surface area contributed by atoms with E-state index in [9.17, 15) is 14.4 Å². The summed E-state index contributed by atoms with van der Waals surface area (Å²) < 4.78 is 11.4. The van der Waals surface area contributed by atoms with E-state index < -0.39 is 17.7 Å². The van der Waals surface area contributed by atoms with Crippen LogP contribution in [0.3, 0.4) is 0 Å². The zero-order valence-corrected chi connectivity index (χ0v) is 17.2. The molecule has 2 aliphatic heterocycles. The number of aryl methyl sites for hydroxylation is 1. The van der Waals surface area contributed by atoms with Gasteiger partial charge in [-0.3, -0.25) is 14.4 Å². The van der Waals surface area contributed by atoms with Gasteiger partial charge in [0.2, 0.25) is 5.91 Å². The van der Waals surface area contributed by atoms with E-state index in [-0.39, 0.29) is 17.5 Å². The maximum absolute atomic E-state index is 12.3. The molecular weight excluding hydrogens is 404 g/mol. The van der Waals surface area contributed by atoms with E-state index in [0.29, 0.717) is 19.7 Å². The fourth-order valence-corrected chi connectivity index (χ4v) is 4.18. The third-order valence-corrected chi connectivity index (χ3v) is 5.75. The Morgan fingerprint density at radius 1 is 1.07 bits per heavy atom. The number of rotatable bonds is 8. The van der Waals surface area contributed by atoms with Crippen molar-refractivity contribution in [3.8, 4) is 5.75 Å². The third kappa shape index (κ3) is 4.26. The zero-order chi connectivity index (χ0) is 20.9. The van der Waals surface area contributed by atoms with Gasteiger partial charge < -0.3 is 14.2 Å². The lowest BCUT2D eigenvalue weighted by molar-refractivity contribution is -0.126. The summed E-state index contributed by atoms with van der Waals surface area (Å²) in [4.78, 5) is 38.6. The summed E-state index contributed by atoms with van der Waals surface area (Å²) in [5, 5.41) is 3.10. The number of imide groups is 3. The largest absolute Gasteiger partial charge is 0.492 e. The average molecular weight is 426 g/mol. The molecule has 30 heavy (non-hydrogen) atoms.